The number of carboxylic acid groups (broad SMARTS) is 1. The largest absolute Gasteiger partial charge is 0.545 e. The van der Waals surface area contributed by atoms with E-state index in [1.807, 2.05) is 13.0 Å². The lowest BCUT2D eigenvalue weighted by Crippen LogP contribution is -2.36. The number of carbonyl (C=O) groups excluding carboxylic acids is 1. The monoisotopic (exact) mass is 272 g/mol. The van der Waals surface area contributed by atoms with Gasteiger partial charge in [-0.3, -0.25) is 0 Å². The first-order valence-corrected chi connectivity index (χ1v) is 7.20. The molecule has 1 heterocycles. The minimum Gasteiger partial charge on any atom is -0.545 e. The van der Waals surface area contributed by atoms with E-state index in [4.69, 9.17) is 0 Å². The number of aliphatic carboxylic acids is 1. The van der Waals surface area contributed by atoms with Crippen LogP contribution in [0.4, 0.5) is 5.69 Å². The summed E-state index contributed by atoms with van der Waals surface area (Å²) in [5.74, 6) is -0.632. The Morgan fingerprint density at radius 2 is 2.15 bits per heavy atom. The van der Waals surface area contributed by atoms with Gasteiger partial charge in [0.25, 0.3) is 0 Å². The van der Waals surface area contributed by atoms with Crippen LogP contribution in [0.5, 0.6) is 0 Å². The Hall–Kier alpha value is -1.77. The van der Waals surface area contributed by atoms with Gasteiger partial charge in [-0.15, -0.1) is 0 Å². The number of nitrogens with zero attached hydrogens (tertiary/aromatic N) is 1. The highest BCUT2D eigenvalue weighted by Gasteiger charge is 2.24. The van der Waals surface area contributed by atoms with Crippen molar-refractivity contribution in [2.45, 2.75) is 46.1 Å². The number of allylic oxidation sites excluding steroid dienone is 1. The highest BCUT2D eigenvalue weighted by molar-refractivity contribution is 5.88. The molecule has 0 saturated heterocycles. The van der Waals surface area contributed by atoms with Crippen LogP contribution in [0.15, 0.2) is 24.3 Å². The van der Waals surface area contributed by atoms with E-state index in [0.717, 1.165) is 30.2 Å². The quantitative estimate of drug-likeness (QED) is 0.794. The van der Waals surface area contributed by atoms with Gasteiger partial charge in [0, 0.05) is 18.3 Å². The summed E-state index contributed by atoms with van der Waals surface area (Å²) in [7, 11) is 0. The van der Waals surface area contributed by atoms with E-state index >= 15 is 0 Å². The third-order valence-corrected chi connectivity index (χ3v) is 4.08. The molecule has 0 N–H and O–H groups in total. The molecule has 1 atom stereocenters. The van der Waals surface area contributed by atoms with Crippen LogP contribution in [0.1, 0.15) is 51.2 Å². The van der Waals surface area contributed by atoms with Gasteiger partial charge in [0.15, 0.2) is 0 Å². The Labute approximate surface area is 120 Å². The van der Waals surface area contributed by atoms with E-state index < -0.39 is 5.97 Å². The topological polar surface area (TPSA) is 43.4 Å². The summed E-state index contributed by atoms with van der Waals surface area (Å²) in [5.41, 5.74) is 4.30. The minimum absolute atomic E-state index is 0.479. The second-order valence-corrected chi connectivity index (χ2v) is 5.90. The lowest BCUT2D eigenvalue weighted by atomic mass is 9.88. The van der Waals surface area contributed by atoms with Crippen molar-refractivity contribution in [1.29, 1.82) is 0 Å². The number of carboxylic acids is 1. The molecule has 3 heteroatoms. The van der Waals surface area contributed by atoms with Crippen molar-refractivity contribution >= 4 is 17.2 Å². The van der Waals surface area contributed by atoms with Crippen molar-refractivity contribution in [3.8, 4) is 0 Å². The fourth-order valence-electron chi connectivity index (χ4n) is 2.86. The summed E-state index contributed by atoms with van der Waals surface area (Å²) >= 11 is 0. The molecule has 1 aromatic rings. The van der Waals surface area contributed by atoms with Crippen molar-refractivity contribution in [3.63, 3.8) is 0 Å². The first-order chi connectivity index (χ1) is 9.40. The van der Waals surface area contributed by atoms with Crippen LogP contribution >= 0.6 is 0 Å². The molecule has 1 unspecified atom stereocenters. The van der Waals surface area contributed by atoms with Gasteiger partial charge in [0.05, 0.1) is 5.97 Å². The fourth-order valence-corrected chi connectivity index (χ4v) is 2.86. The SMILES string of the molecule is C/C(=C\C(=O)[O-])c1ccc2c(c1)C(C)CCN2C(C)C. The minimum atomic E-state index is -1.14. The van der Waals surface area contributed by atoms with E-state index in [1.54, 1.807) is 0 Å². The van der Waals surface area contributed by atoms with E-state index in [0.29, 0.717) is 12.0 Å². The first-order valence-electron chi connectivity index (χ1n) is 7.20. The zero-order valence-electron chi connectivity index (χ0n) is 12.6. The van der Waals surface area contributed by atoms with Crippen molar-refractivity contribution in [2.75, 3.05) is 11.4 Å². The van der Waals surface area contributed by atoms with Gasteiger partial charge < -0.3 is 14.8 Å². The Balaban J connectivity index is 2.44. The van der Waals surface area contributed by atoms with E-state index in [9.17, 15) is 9.90 Å². The van der Waals surface area contributed by atoms with Crippen LogP contribution in [0.25, 0.3) is 5.57 Å². The predicted octanol–water partition coefficient (Wildman–Crippen LogP) is 2.56. The molecule has 0 radical (unpaired) electrons. The summed E-state index contributed by atoms with van der Waals surface area (Å²) in [6.07, 6.45) is 2.30. The summed E-state index contributed by atoms with van der Waals surface area (Å²) in [6.45, 7) is 9.53. The average Bonchev–Trinajstić information content (AvgIpc) is 2.37. The number of anilines is 1. The van der Waals surface area contributed by atoms with Gasteiger partial charge in [0.2, 0.25) is 0 Å². The van der Waals surface area contributed by atoms with Crippen molar-refractivity contribution < 1.29 is 9.90 Å². The first kappa shape index (κ1) is 14.6. The molecule has 1 aromatic carbocycles. The highest BCUT2D eigenvalue weighted by Crippen LogP contribution is 2.37. The molecular formula is C17H22NO2-. The molecule has 3 nitrogen and oxygen atoms in total. The molecule has 1 aliphatic rings. The van der Waals surface area contributed by atoms with Crippen molar-refractivity contribution in [2.24, 2.45) is 0 Å². The number of hydrogen-bond donors (Lipinski definition) is 0. The highest BCUT2D eigenvalue weighted by atomic mass is 16.4. The second-order valence-electron chi connectivity index (χ2n) is 5.90. The normalized spacial score (nSPS) is 19.1. The number of hydrogen-bond acceptors (Lipinski definition) is 3. The Morgan fingerprint density at radius 3 is 2.75 bits per heavy atom. The van der Waals surface area contributed by atoms with Crippen LogP contribution in [0, 0.1) is 0 Å². The maximum absolute atomic E-state index is 10.7. The molecule has 1 aliphatic heterocycles. The molecule has 2 rings (SSSR count). The van der Waals surface area contributed by atoms with E-state index in [-0.39, 0.29) is 0 Å². The molecule has 108 valence electrons. The molecular weight excluding hydrogens is 250 g/mol. The second kappa shape index (κ2) is 5.70. The maximum atomic E-state index is 10.7. The summed E-state index contributed by atoms with van der Waals surface area (Å²) in [6, 6.07) is 6.73. The number of carbonyl (C=O) groups is 1. The summed E-state index contributed by atoms with van der Waals surface area (Å²) in [5, 5.41) is 10.7. The van der Waals surface area contributed by atoms with Gasteiger partial charge in [-0.1, -0.05) is 13.0 Å². The smallest absolute Gasteiger partial charge is 0.0645 e. The van der Waals surface area contributed by atoms with Crippen LogP contribution in [-0.2, 0) is 4.79 Å². The third-order valence-electron chi connectivity index (χ3n) is 4.08. The van der Waals surface area contributed by atoms with Gasteiger partial charge in [-0.05, 0) is 68.0 Å². The van der Waals surface area contributed by atoms with Crippen LogP contribution in [0.3, 0.4) is 0 Å². The van der Waals surface area contributed by atoms with Crippen LogP contribution in [0.2, 0.25) is 0 Å². The van der Waals surface area contributed by atoms with Gasteiger partial charge in [-0.2, -0.15) is 0 Å². The van der Waals surface area contributed by atoms with E-state index in [2.05, 4.69) is 37.8 Å². The Kier molecular flexibility index (Phi) is 4.17. The Morgan fingerprint density at radius 1 is 1.45 bits per heavy atom. The molecule has 0 saturated carbocycles. The average molecular weight is 272 g/mol. The van der Waals surface area contributed by atoms with Crippen LogP contribution < -0.4 is 10.0 Å². The molecule has 0 aromatic heterocycles. The molecule has 0 bridgehead atoms. The standard InChI is InChI=1S/C17H23NO2/c1-11(2)18-8-7-12(3)15-10-14(5-6-16(15)18)13(4)9-17(19)20/h5-6,9-12H,7-8H2,1-4H3,(H,19,20)/p-1/b13-9+. The van der Waals surface area contributed by atoms with E-state index in [1.165, 1.54) is 11.3 Å². The zero-order chi connectivity index (χ0) is 14.9. The predicted molar refractivity (Wildman–Crippen MR) is 80.6 cm³/mol. The lowest BCUT2D eigenvalue weighted by Gasteiger charge is -2.37. The fraction of sp³-hybridized carbons (Fsp3) is 0.471. The zero-order valence-corrected chi connectivity index (χ0v) is 12.6. The maximum Gasteiger partial charge on any atom is 0.0645 e. The van der Waals surface area contributed by atoms with Gasteiger partial charge in [0.1, 0.15) is 0 Å². The lowest BCUT2D eigenvalue weighted by molar-refractivity contribution is -0.297. The number of rotatable bonds is 3. The van der Waals surface area contributed by atoms with Crippen molar-refractivity contribution in [3.05, 3.63) is 35.4 Å². The van der Waals surface area contributed by atoms with Crippen LogP contribution in [-0.4, -0.2) is 18.6 Å². The summed E-state index contributed by atoms with van der Waals surface area (Å²) < 4.78 is 0. The number of benzene rings is 1. The Bertz CT molecular complexity index is 546. The number of fused-ring (bicyclic) bond motifs is 1. The summed E-state index contributed by atoms with van der Waals surface area (Å²) in [4.78, 5) is 13.1. The van der Waals surface area contributed by atoms with Crippen molar-refractivity contribution in [1.82, 2.24) is 0 Å². The third kappa shape index (κ3) is 2.87. The van der Waals surface area contributed by atoms with Gasteiger partial charge >= 0.3 is 0 Å². The molecule has 0 aliphatic carbocycles. The molecule has 0 spiro atoms. The van der Waals surface area contributed by atoms with Gasteiger partial charge in [-0.25, -0.2) is 0 Å². The molecule has 0 fully saturated rings. The molecule has 20 heavy (non-hydrogen) atoms. The molecule has 0 amide bonds.